The molecule has 236 valence electrons. The molecule has 3 nitrogen and oxygen atoms in total. The van der Waals surface area contributed by atoms with E-state index >= 15 is 0 Å². The highest BCUT2D eigenvalue weighted by molar-refractivity contribution is 8.07. The predicted octanol–water partition coefficient (Wildman–Crippen LogP) is 13.2. The third-order valence-corrected chi connectivity index (χ3v) is 10.2. The van der Waals surface area contributed by atoms with E-state index < -0.39 is 6.72 Å². The quantitative estimate of drug-likeness (QED) is 0.0550. The average Bonchev–Trinajstić information content (AvgIpc) is 2.94. The third kappa shape index (κ3) is 31.3. The molecule has 0 N–H and O–H groups in total. The van der Waals surface area contributed by atoms with Crippen LogP contribution in [0.5, 0.6) is 0 Å². The highest BCUT2D eigenvalue weighted by atomic mass is 32.5. The van der Waals surface area contributed by atoms with Crippen LogP contribution < -0.4 is 0 Å². The topological polar surface area (TPSA) is 27.7 Å². The molecule has 0 unspecified atom stereocenters. The summed E-state index contributed by atoms with van der Waals surface area (Å²) < 4.78 is 18.3. The highest BCUT2D eigenvalue weighted by Crippen LogP contribution is 2.50. The Balaban J connectivity index is 3.84. The average molecular weight is 591 g/mol. The Kier molecular flexibility index (Phi) is 33.5. The van der Waals surface area contributed by atoms with Crippen LogP contribution in [0.3, 0.4) is 0 Å². The monoisotopic (exact) mass is 590 g/mol. The zero-order chi connectivity index (χ0) is 28.5. The summed E-state index contributed by atoms with van der Waals surface area (Å²) in [6.45, 7) is 6.26. The van der Waals surface area contributed by atoms with Gasteiger partial charge in [0.2, 0.25) is 0 Å². The normalized spacial score (nSPS) is 12.0. The molecule has 0 amide bonds. The molecule has 5 heteroatoms. The molecule has 0 saturated carbocycles. The van der Waals surface area contributed by atoms with E-state index in [2.05, 4.69) is 20.8 Å². The first-order valence-electron chi connectivity index (χ1n) is 17.7. The van der Waals surface area contributed by atoms with Crippen molar-refractivity contribution in [1.82, 2.24) is 0 Å². The van der Waals surface area contributed by atoms with Crippen molar-refractivity contribution in [2.75, 3.05) is 19.8 Å². The van der Waals surface area contributed by atoms with Crippen LogP contribution in [0, 0.1) is 0 Å². The Morgan fingerprint density at radius 2 is 0.487 bits per heavy atom. The van der Waals surface area contributed by atoms with E-state index in [9.17, 15) is 0 Å². The van der Waals surface area contributed by atoms with Gasteiger partial charge in [-0.15, -0.1) is 0 Å². The van der Waals surface area contributed by atoms with Crippen LogP contribution in [-0.4, -0.2) is 19.8 Å². The summed E-state index contributed by atoms with van der Waals surface area (Å²) in [5, 5.41) is 0. The summed E-state index contributed by atoms with van der Waals surface area (Å²) in [5.74, 6) is 0. The Bertz CT molecular complexity index is 481. The largest absolute Gasteiger partial charge is 0.327 e. The molecule has 0 aliphatic carbocycles. The Morgan fingerprint density at radius 3 is 0.692 bits per heavy atom. The third-order valence-electron chi connectivity index (χ3n) is 7.74. The van der Waals surface area contributed by atoms with E-state index in [1.807, 2.05) is 0 Å². The molecule has 0 aromatic heterocycles. The molecule has 0 aliphatic heterocycles. The molecule has 0 aromatic rings. The van der Waals surface area contributed by atoms with Gasteiger partial charge in [-0.3, -0.25) is 0 Å². The van der Waals surface area contributed by atoms with Crippen molar-refractivity contribution in [2.45, 2.75) is 201 Å². The van der Waals surface area contributed by atoms with Crippen LogP contribution in [-0.2, 0) is 25.4 Å². The van der Waals surface area contributed by atoms with E-state index in [0.717, 1.165) is 19.3 Å². The van der Waals surface area contributed by atoms with Gasteiger partial charge in [-0.25, -0.2) is 0 Å². The molecule has 0 spiro atoms. The molecule has 0 saturated heterocycles. The van der Waals surface area contributed by atoms with E-state index in [0.29, 0.717) is 19.8 Å². The van der Waals surface area contributed by atoms with Crippen LogP contribution in [0.15, 0.2) is 0 Å². The van der Waals surface area contributed by atoms with Crippen molar-refractivity contribution < 1.29 is 13.6 Å². The van der Waals surface area contributed by atoms with E-state index in [1.54, 1.807) is 0 Å². The molecular formula is C34H71O3PS. The minimum absolute atomic E-state index is 0.679. The first-order chi connectivity index (χ1) is 19.2. The van der Waals surface area contributed by atoms with Crippen LogP contribution in [0.1, 0.15) is 201 Å². The maximum Gasteiger partial charge on any atom is 0.327 e. The first-order valence-corrected chi connectivity index (χ1v) is 20.3. The summed E-state index contributed by atoms with van der Waals surface area (Å²) in [5.41, 5.74) is 0. The fourth-order valence-electron chi connectivity index (χ4n) is 5.06. The van der Waals surface area contributed by atoms with Crippen molar-refractivity contribution in [3.63, 3.8) is 0 Å². The standard InChI is InChI=1S/C34H71O3PS/c1-4-7-10-13-16-17-18-19-20-21-22-23-24-25-28-31-34-37-38(39,35-32-29-26-14-11-8-5-2)36-33-30-27-15-12-9-6-3/h4-34H2,1-3H3. The van der Waals surface area contributed by atoms with Gasteiger partial charge in [-0.1, -0.05) is 181 Å². The maximum absolute atomic E-state index is 6.12. The molecule has 0 aliphatic rings. The van der Waals surface area contributed by atoms with Crippen LogP contribution in [0.2, 0.25) is 0 Å². The van der Waals surface area contributed by atoms with E-state index in [1.165, 1.54) is 161 Å². The summed E-state index contributed by atoms with van der Waals surface area (Å²) in [6.07, 6.45) is 37.1. The fourth-order valence-corrected chi connectivity index (χ4v) is 7.01. The summed E-state index contributed by atoms with van der Waals surface area (Å²) >= 11 is 5.80. The van der Waals surface area contributed by atoms with Crippen molar-refractivity contribution in [2.24, 2.45) is 0 Å². The van der Waals surface area contributed by atoms with Gasteiger partial charge in [-0.2, -0.15) is 0 Å². The van der Waals surface area contributed by atoms with Gasteiger partial charge in [0.25, 0.3) is 0 Å². The van der Waals surface area contributed by atoms with Crippen LogP contribution in [0.4, 0.5) is 0 Å². The lowest BCUT2D eigenvalue weighted by atomic mass is 10.0. The van der Waals surface area contributed by atoms with Gasteiger partial charge < -0.3 is 13.6 Å². The predicted molar refractivity (Wildman–Crippen MR) is 178 cm³/mol. The van der Waals surface area contributed by atoms with Crippen molar-refractivity contribution >= 4 is 18.5 Å². The molecule has 0 atom stereocenters. The van der Waals surface area contributed by atoms with Gasteiger partial charge in [0.1, 0.15) is 0 Å². The van der Waals surface area contributed by atoms with E-state index in [4.69, 9.17) is 25.4 Å². The Labute approximate surface area is 252 Å². The second-order valence-corrected chi connectivity index (χ2v) is 14.8. The van der Waals surface area contributed by atoms with Gasteiger partial charge in [0, 0.05) is 0 Å². The molecule has 0 radical (unpaired) electrons. The lowest BCUT2D eigenvalue weighted by Gasteiger charge is -2.22. The number of hydrogen-bond donors (Lipinski definition) is 0. The zero-order valence-electron chi connectivity index (χ0n) is 27.0. The smallest absolute Gasteiger partial charge is 0.309 e. The second kappa shape index (κ2) is 33.0. The van der Waals surface area contributed by atoms with Crippen molar-refractivity contribution in [3.8, 4) is 0 Å². The molecule has 0 bridgehead atoms. The van der Waals surface area contributed by atoms with Gasteiger partial charge in [-0.05, 0) is 31.1 Å². The first kappa shape index (κ1) is 39.5. The highest BCUT2D eigenvalue weighted by Gasteiger charge is 2.20. The molecule has 0 heterocycles. The summed E-state index contributed by atoms with van der Waals surface area (Å²) in [6, 6.07) is 0. The maximum atomic E-state index is 6.12. The minimum atomic E-state index is -2.60. The fraction of sp³-hybridized carbons (Fsp3) is 1.00. The molecular weight excluding hydrogens is 519 g/mol. The zero-order valence-corrected chi connectivity index (χ0v) is 28.7. The second-order valence-electron chi connectivity index (χ2n) is 11.8. The molecule has 0 fully saturated rings. The van der Waals surface area contributed by atoms with Crippen molar-refractivity contribution in [1.29, 1.82) is 0 Å². The van der Waals surface area contributed by atoms with E-state index in [-0.39, 0.29) is 0 Å². The number of unbranched alkanes of at least 4 members (excludes halogenated alkanes) is 25. The van der Waals surface area contributed by atoms with Crippen LogP contribution in [0.25, 0.3) is 0 Å². The SMILES string of the molecule is CCCCCCCCCCCCCCCCCCOP(=S)(OCCCCCCCC)OCCCCCCCC. The number of hydrogen-bond acceptors (Lipinski definition) is 4. The molecule has 0 rings (SSSR count). The summed E-state index contributed by atoms with van der Waals surface area (Å²) in [7, 11) is 0. The lowest BCUT2D eigenvalue weighted by Crippen LogP contribution is -2.04. The van der Waals surface area contributed by atoms with Gasteiger partial charge in [0.15, 0.2) is 0 Å². The lowest BCUT2D eigenvalue weighted by molar-refractivity contribution is 0.150. The number of rotatable bonds is 34. The van der Waals surface area contributed by atoms with Gasteiger partial charge in [0.05, 0.1) is 19.8 Å². The Morgan fingerprint density at radius 1 is 0.308 bits per heavy atom. The summed E-state index contributed by atoms with van der Waals surface area (Å²) in [4.78, 5) is 0. The minimum Gasteiger partial charge on any atom is -0.309 e. The van der Waals surface area contributed by atoms with Crippen LogP contribution >= 0.6 is 6.72 Å². The Hall–Kier alpha value is 0.530. The molecule has 0 aromatic carbocycles. The van der Waals surface area contributed by atoms with Gasteiger partial charge >= 0.3 is 6.72 Å². The molecule has 39 heavy (non-hydrogen) atoms. The van der Waals surface area contributed by atoms with Crippen molar-refractivity contribution in [3.05, 3.63) is 0 Å².